The van der Waals surface area contributed by atoms with E-state index in [1.165, 1.54) is 36.4 Å². The van der Waals surface area contributed by atoms with E-state index >= 15 is 0 Å². The van der Waals surface area contributed by atoms with Gasteiger partial charge >= 0.3 is 18.7 Å². The Hall–Kier alpha value is -3.76. The van der Waals surface area contributed by atoms with Crippen LogP contribution in [0.3, 0.4) is 0 Å². The van der Waals surface area contributed by atoms with Crippen LogP contribution in [0, 0.1) is 0 Å². The van der Waals surface area contributed by atoms with Crippen molar-refractivity contribution in [1.82, 2.24) is 4.98 Å². The number of rotatable bonds is 5. The van der Waals surface area contributed by atoms with Gasteiger partial charge in [-0.1, -0.05) is 30.3 Å². The fraction of sp³-hybridized carbons (Fsp3) is 0.143. The van der Waals surface area contributed by atoms with Gasteiger partial charge in [0.2, 0.25) is 0 Å². The Morgan fingerprint density at radius 1 is 0.812 bits per heavy atom. The van der Waals surface area contributed by atoms with Gasteiger partial charge < -0.3 is 14.2 Å². The summed E-state index contributed by atoms with van der Waals surface area (Å²) in [5, 5.41) is 0. The number of nitrogens with zero attached hydrogens (tertiary/aromatic N) is 1. The van der Waals surface area contributed by atoms with Crippen molar-refractivity contribution in [3.8, 4) is 33.9 Å². The number of halogens is 6. The van der Waals surface area contributed by atoms with Gasteiger partial charge in [-0.25, -0.2) is 4.79 Å². The Morgan fingerprint density at radius 2 is 1.31 bits per heavy atom. The SMILES string of the molecule is COC(=O)c1cc(-c2ccccc2OC(F)(F)F)cnc1-c1ccccc1OC(F)(F)F. The van der Waals surface area contributed by atoms with Gasteiger partial charge in [-0.3, -0.25) is 4.98 Å². The first kappa shape index (κ1) is 22.9. The maximum Gasteiger partial charge on any atom is 0.573 e. The van der Waals surface area contributed by atoms with Gasteiger partial charge in [-0.05, 0) is 24.3 Å². The van der Waals surface area contributed by atoms with Crippen LogP contribution in [0.5, 0.6) is 11.5 Å². The van der Waals surface area contributed by atoms with Crippen LogP contribution in [0.2, 0.25) is 0 Å². The van der Waals surface area contributed by atoms with Crippen LogP contribution < -0.4 is 9.47 Å². The highest BCUT2D eigenvalue weighted by Gasteiger charge is 2.34. The summed E-state index contributed by atoms with van der Waals surface area (Å²) in [7, 11) is 1.04. The third-order valence-electron chi connectivity index (χ3n) is 4.08. The van der Waals surface area contributed by atoms with Crippen molar-refractivity contribution in [2.24, 2.45) is 0 Å². The van der Waals surface area contributed by atoms with E-state index in [0.717, 1.165) is 31.5 Å². The number of carbonyl (C=O) groups is 1. The molecule has 0 atom stereocenters. The van der Waals surface area contributed by atoms with Gasteiger partial charge in [0.05, 0.1) is 18.4 Å². The summed E-state index contributed by atoms with van der Waals surface area (Å²) in [6, 6.07) is 11.3. The van der Waals surface area contributed by atoms with Crippen LogP contribution in [-0.2, 0) is 4.74 Å². The molecule has 0 bridgehead atoms. The predicted octanol–water partition coefficient (Wildman–Crippen LogP) is 6.00. The number of hydrogen-bond donors (Lipinski definition) is 0. The summed E-state index contributed by atoms with van der Waals surface area (Å²) in [6.45, 7) is 0. The Bertz CT molecular complexity index is 1130. The number of methoxy groups -OCH3 is 1. The zero-order valence-corrected chi connectivity index (χ0v) is 16.1. The van der Waals surface area contributed by atoms with Gasteiger partial charge in [0.15, 0.2) is 0 Å². The average Bonchev–Trinajstić information content (AvgIpc) is 2.71. The molecule has 0 amide bonds. The van der Waals surface area contributed by atoms with Crippen molar-refractivity contribution in [1.29, 1.82) is 0 Å². The summed E-state index contributed by atoms with van der Waals surface area (Å²) in [5.74, 6) is -2.14. The van der Waals surface area contributed by atoms with Crippen LogP contribution in [0.4, 0.5) is 26.3 Å². The molecule has 0 fully saturated rings. The van der Waals surface area contributed by atoms with E-state index in [1.54, 1.807) is 0 Å². The van der Waals surface area contributed by atoms with E-state index in [9.17, 15) is 31.1 Å². The number of aromatic nitrogens is 1. The van der Waals surface area contributed by atoms with Crippen molar-refractivity contribution in [3.05, 3.63) is 66.4 Å². The molecule has 11 heteroatoms. The lowest BCUT2D eigenvalue weighted by molar-refractivity contribution is -0.275. The standard InChI is InChI=1S/C21H13F6NO4/c1-30-19(29)15-10-12(13-6-2-4-8-16(13)31-20(22,23)24)11-28-18(15)14-7-3-5-9-17(14)32-21(25,26)27/h2-11H,1H3. The van der Waals surface area contributed by atoms with Gasteiger partial charge in [-0.15, -0.1) is 26.3 Å². The largest absolute Gasteiger partial charge is 0.573 e. The molecule has 0 radical (unpaired) electrons. The van der Waals surface area contributed by atoms with E-state index in [4.69, 9.17) is 0 Å². The first-order valence-corrected chi connectivity index (χ1v) is 8.77. The average molecular weight is 457 g/mol. The topological polar surface area (TPSA) is 57.7 Å². The fourth-order valence-corrected chi connectivity index (χ4v) is 2.89. The lowest BCUT2D eigenvalue weighted by Crippen LogP contribution is -2.18. The van der Waals surface area contributed by atoms with E-state index in [1.807, 2.05) is 0 Å². The summed E-state index contributed by atoms with van der Waals surface area (Å²) in [4.78, 5) is 16.4. The molecule has 0 spiro atoms. The lowest BCUT2D eigenvalue weighted by atomic mass is 9.99. The molecule has 0 unspecified atom stereocenters. The summed E-state index contributed by atoms with van der Waals surface area (Å²) >= 11 is 0. The van der Waals surface area contributed by atoms with Gasteiger partial charge in [0.25, 0.3) is 0 Å². The van der Waals surface area contributed by atoms with Crippen LogP contribution in [0.1, 0.15) is 10.4 Å². The molecule has 1 aromatic heterocycles. The normalized spacial score (nSPS) is 11.7. The van der Waals surface area contributed by atoms with Gasteiger partial charge in [0, 0.05) is 22.9 Å². The molecular weight excluding hydrogens is 444 g/mol. The molecule has 0 N–H and O–H groups in total. The zero-order chi connectivity index (χ0) is 23.5. The predicted molar refractivity (Wildman–Crippen MR) is 99.8 cm³/mol. The summed E-state index contributed by atoms with van der Waals surface area (Å²) in [5.41, 5.74) is -0.673. The minimum Gasteiger partial charge on any atom is -0.465 e. The van der Waals surface area contributed by atoms with Crippen LogP contribution in [0.15, 0.2) is 60.8 Å². The monoisotopic (exact) mass is 457 g/mol. The van der Waals surface area contributed by atoms with Crippen LogP contribution in [0.25, 0.3) is 22.4 Å². The minimum absolute atomic E-state index is 0.0446. The number of alkyl halides is 6. The molecule has 5 nitrogen and oxygen atoms in total. The van der Waals surface area contributed by atoms with Crippen LogP contribution >= 0.6 is 0 Å². The number of ether oxygens (including phenoxy) is 3. The number of esters is 1. The second-order valence-electron chi connectivity index (χ2n) is 6.20. The van der Waals surface area contributed by atoms with E-state index in [-0.39, 0.29) is 27.9 Å². The number of pyridine rings is 1. The van der Waals surface area contributed by atoms with Crippen molar-refractivity contribution in [2.75, 3.05) is 7.11 Å². The smallest absolute Gasteiger partial charge is 0.465 e. The Morgan fingerprint density at radius 3 is 1.84 bits per heavy atom. The highest BCUT2D eigenvalue weighted by Crippen LogP contribution is 2.38. The molecule has 0 aliphatic heterocycles. The molecule has 3 rings (SSSR count). The molecule has 3 aromatic rings. The van der Waals surface area contributed by atoms with Crippen LogP contribution in [-0.4, -0.2) is 30.8 Å². The van der Waals surface area contributed by atoms with Gasteiger partial charge in [0.1, 0.15) is 11.5 Å². The molecule has 2 aromatic carbocycles. The Balaban J connectivity index is 2.16. The first-order chi connectivity index (χ1) is 15.0. The highest BCUT2D eigenvalue weighted by molar-refractivity contribution is 5.98. The van der Waals surface area contributed by atoms with E-state index in [2.05, 4.69) is 19.2 Å². The van der Waals surface area contributed by atoms with E-state index in [0.29, 0.717) is 0 Å². The Labute approximate surface area is 177 Å². The first-order valence-electron chi connectivity index (χ1n) is 8.77. The zero-order valence-electron chi connectivity index (χ0n) is 16.1. The van der Waals surface area contributed by atoms with Crippen molar-refractivity contribution in [2.45, 2.75) is 12.7 Å². The third kappa shape index (κ3) is 5.48. The molecular formula is C21H13F6NO4. The summed E-state index contributed by atoms with van der Waals surface area (Å²) < 4.78 is 89.3. The number of hydrogen-bond acceptors (Lipinski definition) is 5. The molecule has 0 aliphatic rings. The molecule has 168 valence electrons. The second kappa shape index (κ2) is 8.77. The van der Waals surface area contributed by atoms with E-state index < -0.39 is 30.2 Å². The molecule has 32 heavy (non-hydrogen) atoms. The number of benzene rings is 2. The Kier molecular flexibility index (Phi) is 6.28. The lowest BCUT2D eigenvalue weighted by Gasteiger charge is -2.16. The number of carbonyl (C=O) groups excluding carboxylic acids is 1. The summed E-state index contributed by atoms with van der Waals surface area (Å²) in [6.07, 6.45) is -8.87. The molecule has 0 saturated carbocycles. The maximum absolute atomic E-state index is 12.8. The minimum atomic E-state index is -5.00. The highest BCUT2D eigenvalue weighted by atomic mass is 19.4. The molecule has 0 aliphatic carbocycles. The maximum atomic E-state index is 12.8. The second-order valence-corrected chi connectivity index (χ2v) is 6.20. The van der Waals surface area contributed by atoms with Crippen molar-refractivity contribution < 1.29 is 45.3 Å². The van der Waals surface area contributed by atoms with Crippen molar-refractivity contribution >= 4 is 5.97 Å². The van der Waals surface area contributed by atoms with Crippen molar-refractivity contribution in [3.63, 3.8) is 0 Å². The molecule has 0 saturated heterocycles. The fourth-order valence-electron chi connectivity index (χ4n) is 2.89. The third-order valence-corrected chi connectivity index (χ3v) is 4.08. The van der Waals surface area contributed by atoms with Gasteiger partial charge in [-0.2, -0.15) is 0 Å². The number of para-hydroxylation sites is 2. The molecule has 1 heterocycles. The quantitative estimate of drug-likeness (QED) is 0.348.